The minimum absolute atomic E-state index is 0.138. The third-order valence-corrected chi connectivity index (χ3v) is 7.46. The summed E-state index contributed by atoms with van der Waals surface area (Å²) in [7, 11) is -3.47. The van der Waals surface area contributed by atoms with Crippen molar-refractivity contribution in [2.75, 3.05) is 24.7 Å². The van der Waals surface area contributed by atoms with Crippen LogP contribution in [0.2, 0.25) is 0 Å². The smallest absolute Gasteiger partial charge is 0.224 e. The van der Waals surface area contributed by atoms with E-state index in [0.717, 1.165) is 18.4 Å². The van der Waals surface area contributed by atoms with E-state index >= 15 is 0 Å². The first-order valence-electron chi connectivity index (χ1n) is 12.4. The van der Waals surface area contributed by atoms with Gasteiger partial charge in [0.25, 0.3) is 0 Å². The molecule has 0 aliphatic rings. The molecule has 4 atom stereocenters. The topological polar surface area (TPSA) is 122 Å². The first-order chi connectivity index (χ1) is 17.0. The largest absolute Gasteiger partial charge is 0.490 e. The lowest BCUT2D eigenvalue weighted by atomic mass is 9.93. The minimum Gasteiger partial charge on any atom is -0.490 e. The van der Waals surface area contributed by atoms with E-state index in [-0.39, 0.29) is 30.3 Å². The van der Waals surface area contributed by atoms with Gasteiger partial charge in [0.05, 0.1) is 23.7 Å². The summed E-state index contributed by atoms with van der Waals surface area (Å²) >= 11 is 0. The predicted octanol–water partition coefficient (Wildman–Crippen LogP) is 2.82. The summed E-state index contributed by atoms with van der Waals surface area (Å²) in [6, 6.07) is 6.54. The van der Waals surface area contributed by atoms with Crippen molar-refractivity contribution in [2.45, 2.75) is 58.6 Å². The summed E-state index contributed by atoms with van der Waals surface area (Å²) in [6.45, 7) is 13.3. The molecule has 0 heterocycles. The average Bonchev–Trinajstić information content (AvgIpc) is 2.82. The Hall–Kier alpha value is -2.65. The Morgan fingerprint density at radius 1 is 1.14 bits per heavy atom. The van der Waals surface area contributed by atoms with Crippen molar-refractivity contribution in [2.24, 2.45) is 11.8 Å². The zero-order chi connectivity index (χ0) is 27.1. The number of aliphatic hydroxyl groups is 1. The maximum Gasteiger partial charge on any atom is 0.224 e. The van der Waals surface area contributed by atoms with Gasteiger partial charge in [-0.1, -0.05) is 58.1 Å². The quantitative estimate of drug-likeness (QED) is 0.201. The van der Waals surface area contributed by atoms with Crippen molar-refractivity contribution in [3.8, 4) is 5.75 Å². The third-order valence-electron chi connectivity index (χ3n) is 5.71. The van der Waals surface area contributed by atoms with Gasteiger partial charge in [0, 0.05) is 18.4 Å². The van der Waals surface area contributed by atoms with Crippen molar-refractivity contribution < 1.29 is 27.9 Å². The lowest BCUT2D eigenvalue weighted by Gasteiger charge is -2.27. The monoisotopic (exact) mass is 522 g/mol. The highest BCUT2D eigenvalue weighted by atomic mass is 32.2. The van der Waals surface area contributed by atoms with Crippen molar-refractivity contribution >= 4 is 21.7 Å². The van der Waals surface area contributed by atoms with Crippen LogP contribution in [0.15, 0.2) is 49.6 Å². The molecule has 9 heteroatoms. The van der Waals surface area contributed by atoms with Crippen molar-refractivity contribution in [1.29, 1.82) is 0 Å². The van der Waals surface area contributed by atoms with E-state index in [1.165, 1.54) is 13.0 Å². The number of ether oxygens (including phenoxy) is 1. The van der Waals surface area contributed by atoms with Gasteiger partial charge in [-0.2, -0.15) is 0 Å². The Balaban J connectivity index is 3.01. The fourth-order valence-electron chi connectivity index (χ4n) is 3.68. The van der Waals surface area contributed by atoms with Crippen LogP contribution in [0.4, 0.5) is 0 Å². The van der Waals surface area contributed by atoms with Crippen LogP contribution in [0.5, 0.6) is 5.75 Å². The Kier molecular flexibility index (Phi) is 14.1. The lowest BCUT2D eigenvalue weighted by Crippen LogP contribution is -2.48. The van der Waals surface area contributed by atoms with Crippen LogP contribution in [-0.2, 0) is 25.8 Å². The molecule has 0 spiro atoms. The summed E-state index contributed by atoms with van der Waals surface area (Å²) in [5.74, 6) is -1.83. The number of rotatable bonds is 18. The molecule has 1 aromatic carbocycles. The van der Waals surface area contributed by atoms with E-state index in [1.54, 1.807) is 19.1 Å². The Bertz CT molecular complexity index is 963. The van der Waals surface area contributed by atoms with Gasteiger partial charge < -0.3 is 20.5 Å². The van der Waals surface area contributed by atoms with Crippen LogP contribution in [0, 0.1) is 11.8 Å². The molecule has 2 amide bonds. The van der Waals surface area contributed by atoms with Gasteiger partial charge in [0.15, 0.2) is 9.84 Å². The molecule has 0 unspecified atom stereocenters. The highest BCUT2D eigenvalue weighted by Crippen LogP contribution is 2.19. The van der Waals surface area contributed by atoms with E-state index in [9.17, 15) is 23.1 Å². The van der Waals surface area contributed by atoms with Crippen LogP contribution in [-0.4, -0.2) is 62.1 Å². The molecule has 1 rings (SSSR count). The SMILES string of the molecule is C=CCOc1cccc(C[C@H](NC(=O)[C@H](C)CS(=O)(=O)CC=C)[C@@H](O)C[C@@H](C)C(=O)NCCCC)c1. The average molecular weight is 523 g/mol. The number of amides is 2. The standard InChI is InChI=1S/C27H42N2O6S/c1-6-9-13-28-26(31)20(4)16-25(30)24(18-22-11-10-12-23(17-22)35-14-7-2)29-27(32)21(5)19-36(33,34)15-8-3/h7-8,10-12,17,20-21,24-25,30H,2-3,6,9,13-16,18-19H2,1,4-5H3,(H,28,31)(H,29,32)/t20-,21-,24+,25+/m1/s1. The molecule has 1 aromatic rings. The predicted molar refractivity (Wildman–Crippen MR) is 143 cm³/mol. The lowest BCUT2D eigenvalue weighted by molar-refractivity contribution is -0.126. The molecule has 0 aromatic heterocycles. The van der Waals surface area contributed by atoms with Crippen molar-refractivity contribution in [3.05, 3.63) is 55.1 Å². The maximum absolute atomic E-state index is 12.9. The fraction of sp³-hybridized carbons (Fsp3) is 0.556. The summed E-state index contributed by atoms with van der Waals surface area (Å²) in [6.07, 6.45) is 4.14. The highest BCUT2D eigenvalue weighted by Gasteiger charge is 2.29. The van der Waals surface area contributed by atoms with E-state index in [4.69, 9.17) is 4.74 Å². The number of unbranched alkanes of at least 4 members (excludes halogenated alkanes) is 1. The third kappa shape index (κ3) is 11.9. The Morgan fingerprint density at radius 3 is 2.50 bits per heavy atom. The van der Waals surface area contributed by atoms with Crippen molar-refractivity contribution in [3.63, 3.8) is 0 Å². The van der Waals surface area contributed by atoms with Crippen LogP contribution >= 0.6 is 0 Å². The molecule has 0 fully saturated rings. The number of benzene rings is 1. The number of aliphatic hydroxyl groups excluding tert-OH is 1. The molecule has 0 aliphatic carbocycles. The van der Waals surface area contributed by atoms with Gasteiger partial charge in [-0.05, 0) is 37.0 Å². The zero-order valence-electron chi connectivity index (χ0n) is 21.7. The van der Waals surface area contributed by atoms with Crippen LogP contribution < -0.4 is 15.4 Å². The summed E-state index contributed by atoms with van der Waals surface area (Å²) in [5, 5.41) is 16.7. The molecule has 0 bridgehead atoms. The van der Waals surface area contributed by atoms with Crippen LogP contribution in [0.1, 0.15) is 45.6 Å². The zero-order valence-corrected chi connectivity index (χ0v) is 22.6. The molecular weight excluding hydrogens is 480 g/mol. The van der Waals surface area contributed by atoms with E-state index in [2.05, 4.69) is 23.8 Å². The Labute approximate surface area is 216 Å². The summed E-state index contributed by atoms with van der Waals surface area (Å²) in [5.41, 5.74) is 0.813. The van der Waals surface area contributed by atoms with Crippen LogP contribution in [0.25, 0.3) is 0 Å². The van der Waals surface area contributed by atoms with Gasteiger partial charge >= 0.3 is 0 Å². The molecule has 202 valence electrons. The molecule has 8 nitrogen and oxygen atoms in total. The van der Waals surface area contributed by atoms with Gasteiger partial charge in [0.1, 0.15) is 12.4 Å². The number of sulfone groups is 1. The van der Waals surface area contributed by atoms with E-state index in [0.29, 0.717) is 18.9 Å². The number of hydrogen-bond acceptors (Lipinski definition) is 6. The highest BCUT2D eigenvalue weighted by molar-refractivity contribution is 7.91. The Morgan fingerprint density at radius 2 is 1.86 bits per heavy atom. The fourth-order valence-corrected chi connectivity index (χ4v) is 5.09. The van der Waals surface area contributed by atoms with E-state index in [1.807, 2.05) is 25.1 Å². The number of carbonyl (C=O) groups excluding carboxylic acids is 2. The molecule has 0 saturated carbocycles. The molecule has 36 heavy (non-hydrogen) atoms. The summed E-state index contributed by atoms with van der Waals surface area (Å²) in [4.78, 5) is 25.3. The molecule has 0 saturated heterocycles. The van der Waals surface area contributed by atoms with Crippen LogP contribution in [0.3, 0.4) is 0 Å². The van der Waals surface area contributed by atoms with Crippen molar-refractivity contribution in [1.82, 2.24) is 10.6 Å². The number of nitrogens with one attached hydrogen (secondary N) is 2. The normalized spacial score (nSPS) is 14.7. The second kappa shape index (κ2) is 16.2. The first-order valence-corrected chi connectivity index (χ1v) is 14.2. The van der Waals surface area contributed by atoms with Gasteiger partial charge in [-0.3, -0.25) is 9.59 Å². The van der Waals surface area contributed by atoms with Gasteiger partial charge in [-0.15, -0.1) is 6.58 Å². The second-order valence-electron chi connectivity index (χ2n) is 9.18. The maximum atomic E-state index is 12.9. The molecule has 3 N–H and O–H groups in total. The number of hydrogen-bond donors (Lipinski definition) is 3. The molecule has 0 aliphatic heterocycles. The van der Waals surface area contributed by atoms with E-state index < -0.39 is 39.7 Å². The first kappa shape index (κ1) is 31.4. The van der Waals surface area contributed by atoms with Gasteiger partial charge in [-0.25, -0.2) is 8.42 Å². The second-order valence-corrected chi connectivity index (χ2v) is 11.3. The van der Waals surface area contributed by atoms with Gasteiger partial charge in [0.2, 0.25) is 11.8 Å². The number of carbonyl (C=O) groups is 2. The minimum atomic E-state index is -3.47. The molecular formula is C27H42N2O6S. The summed E-state index contributed by atoms with van der Waals surface area (Å²) < 4.78 is 29.9. The molecule has 0 radical (unpaired) electrons.